The molecule has 136 valence electrons. The average Bonchev–Trinajstić information content (AvgIpc) is 3.17. The summed E-state index contributed by atoms with van der Waals surface area (Å²) in [6, 6.07) is 15.5. The number of hydrogen-bond acceptors (Lipinski definition) is 4. The summed E-state index contributed by atoms with van der Waals surface area (Å²) in [6.45, 7) is 6.51. The van der Waals surface area contributed by atoms with E-state index in [-0.39, 0.29) is 11.0 Å². The molecular formula is C21H18ClN3OS. The van der Waals surface area contributed by atoms with Crippen molar-refractivity contribution >= 4 is 34.0 Å². The van der Waals surface area contributed by atoms with Gasteiger partial charge in [-0.05, 0) is 34.8 Å². The fourth-order valence-electron chi connectivity index (χ4n) is 2.88. The summed E-state index contributed by atoms with van der Waals surface area (Å²) < 4.78 is 2.20. The molecule has 0 amide bonds. The van der Waals surface area contributed by atoms with Gasteiger partial charge in [0.15, 0.2) is 5.82 Å². The summed E-state index contributed by atoms with van der Waals surface area (Å²) in [6.07, 6.45) is 1.85. The minimum atomic E-state index is -0.107. The maximum absolute atomic E-state index is 12.9. The normalized spacial score (nSPS) is 12.8. The molecule has 0 aliphatic carbocycles. The van der Waals surface area contributed by atoms with Crippen LogP contribution in [0.3, 0.4) is 0 Å². The van der Waals surface area contributed by atoms with Gasteiger partial charge >= 0.3 is 0 Å². The number of hydrogen-bond donors (Lipinski definition) is 0. The number of aromatic nitrogens is 3. The van der Waals surface area contributed by atoms with Crippen molar-refractivity contribution in [2.75, 3.05) is 0 Å². The van der Waals surface area contributed by atoms with Gasteiger partial charge in [-0.1, -0.05) is 80.1 Å². The van der Waals surface area contributed by atoms with Crippen LogP contribution in [-0.4, -0.2) is 14.6 Å². The monoisotopic (exact) mass is 395 g/mol. The third-order valence-corrected chi connectivity index (χ3v) is 5.64. The fourth-order valence-corrected chi connectivity index (χ4v) is 3.92. The first-order valence-electron chi connectivity index (χ1n) is 8.59. The van der Waals surface area contributed by atoms with Gasteiger partial charge in [0.05, 0.1) is 4.53 Å². The molecule has 0 radical (unpaired) electrons. The molecule has 4 aromatic rings. The predicted octanol–water partition coefficient (Wildman–Crippen LogP) is 4.32. The van der Waals surface area contributed by atoms with Crippen molar-refractivity contribution < 1.29 is 0 Å². The molecule has 0 saturated heterocycles. The van der Waals surface area contributed by atoms with Gasteiger partial charge in [-0.2, -0.15) is 0 Å². The highest BCUT2D eigenvalue weighted by Crippen LogP contribution is 2.25. The van der Waals surface area contributed by atoms with Gasteiger partial charge in [-0.3, -0.25) is 4.79 Å². The largest absolute Gasteiger partial charge is 0.276 e. The number of benzene rings is 2. The van der Waals surface area contributed by atoms with Crippen LogP contribution in [0.25, 0.3) is 22.4 Å². The molecule has 0 atom stereocenters. The standard InChI is InChI=1S/C21H18ClN3OS/c1-21(2,3)15-8-6-14(7-9-15)18-23-24-20-25(18)19(26)17(27-20)12-13-4-10-16(22)11-5-13/h4-12H,1-3H3. The van der Waals surface area contributed by atoms with E-state index in [4.69, 9.17) is 11.6 Å². The highest BCUT2D eigenvalue weighted by molar-refractivity contribution is 7.15. The van der Waals surface area contributed by atoms with E-state index in [0.29, 0.717) is 20.3 Å². The van der Waals surface area contributed by atoms with Crippen molar-refractivity contribution in [1.82, 2.24) is 14.6 Å². The quantitative estimate of drug-likeness (QED) is 0.508. The molecular weight excluding hydrogens is 378 g/mol. The Morgan fingerprint density at radius 3 is 2.30 bits per heavy atom. The lowest BCUT2D eigenvalue weighted by atomic mass is 9.87. The van der Waals surface area contributed by atoms with E-state index in [0.717, 1.165) is 11.1 Å². The zero-order valence-electron chi connectivity index (χ0n) is 15.2. The molecule has 4 nitrogen and oxygen atoms in total. The van der Waals surface area contributed by atoms with Crippen LogP contribution < -0.4 is 10.1 Å². The minimum Gasteiger partial charge on any atom is -0.267 e. The molecule has 0 spiro atoms. The summed E-state index contributed by atoms with van der Waals surface area (Å²) in [5.41, 5.74) is 3.00. The summed E-state index contributed by atoms with van der Waals surface area (Å²) in [5.74, 6) is 0.572. The van der Waals surface area contributed by atoms with E-state index in [2.05, 4.69) is 43.1 Å². The molecule has 0 bridgehead atoms. The molecule has 0 N–H and O–H groups in total. The van der Waals surface area contributed by atoms with Crippen LogP contribution in [0.4, 0.5) is 0 Å². The fraction of sp³-hybridized carbons (Fsp3) is 0.190. The Bertz CT molecular complexity index is 1220. The van der Waals surface area contributed by atoms with Crippen molar-refractivity contribution in [3.8, 4) is 11.4 Å². The van der Waals surface area contributed by atoms with Crippen molar-refractivity contribution in [3.63, 3.8) is 0 Å². The second-order valence-electron chi connectivity index (χ2n) is 7.44. The molecule has 0 saturated carbocycles. The van der Waals surface area contributed by atoms with Crippen LogP contribution in [0.2, 0.25) is 5.02 Å². The second-order valence-corrected chi connectivity index (χ2v) is 8.88. The lowest BCUT2D eigenvalue weighted by Crippen LogP contribution is -2.23. The van der Waals surface area contributed by atoms with Crippen LogP contribution in [0.1, 0.15) is 31.9 Å². The van der Waals surface area contributed by atoms with Crippen LogP contribution in [-0.2, 0) is 5.41 Å². The van der Waals surface area contributed by atoms with Crippen molar-refractivity contribution in [2.45, 2.75) is 26.2 Å². The first-order chi connectivity index (χ1) is 12.8. The van der Waals surface area contributed by atoms with Gasteiger partial charge in [0.25, 0.3) is 5.56 Å². The Morgan fingerprint density at radius 1 is 1.00 bits per heavy atom. The van der Waals surface area contributed by atoms with Crippen LogP contribution in [0.15, 0.2) is 53.3 Å². The topological polar surface area (TPSA) is 47.3 Å². The lowest BCUT2D eigenvalue weighted by molar-refractivity contribution is 0.590. The molecule has 2 aromatic heterocycles. The highest BCUT2D eigenvalue weighted by Gasteiger charge is 2.16. The SMILES string of the molecule is CC(C)(C)c1ccc(-c2nnc3sc(=Cc4ccc(Cl)cc4)c(=O)n23)cc1. The molecule has 0 aliphatic heterocycles. The van der Waals surface area contributed by atoms with Crippen LogP contribution in [0, 0.1) is 0 Å². The van der Waals surface area contributed by atoms with E-state index in [1.54, 1.807) is 16.5 Å². The third kappa shape index (κ3) is 3.40. The smallest absolute Gasteiger partial charge is 0.267 e. The van der Waals surface area contributed by atoms with E-state index in [9.17, 15) is 4.79 Å². The molecule has 4 rings (SSSR count). The number of fused-ring (bicyclic) bond motifs is 1. The lowest BCUT2D eigenvalue weighted by Gasteiger charge is -2.18. The van der Waals surface area contributed by atoms with Gasteiger partial charge in [-0.25, -0.2) is 4.40 Å². The zero-order chi connectivity index (χ0) is 19.2. The van der Waals surface area contributed by atoms with Gasteiger partial charge in [-0.15, -0.1) is 10.2 Å². The van der Waals surface area contributed by atoms with Crippen LogP contribution >= 0.6 is 22.9 Å². The predicted molar refractivity (Wildman–Crippen MR) is 112 cm³/mol. The average molecular weight is 396 g/mol. The van der Waals surface area contributed by atoms with Gasteiger partial charge in [0.2, 0.25) is 4.96 Å². The molecule has 0 unspecified atom stereocenters. The Balaban J connectivity index is 1.81. The summed E-state index contributed by atoms with van der Waals surface area (Å²) >= 11 is 7.26. The third-order valence-electron chi connectivity index (χ3n) is 4.43. The van der Waals surface area contributed by atoms with Crippen LogP contribution in [0.5, 0.6) is 0 Å². The first kappa shape index (κ1) is 17.9. The van der Waals surface area contributed by atoms with Gasteiger partial charge in [0, 0.05) is 10.6 Å². The van der Waals surface area contributed by atoms with E-state index >= 15 is 0 Å². The number of nitrogens with zero attached hydrogens (tertiary/aromatic N) is 3. The van der Waals surface area contributed by atoms with E-state index in [1.165, 1.54) is 16.9 Å². The summed E-state index contributed by atoms with van der Waals surface area (Å²) in [5, 5.41) is 9.09. The molecule has 0 aliphatic rings. The minimum absolute atomic E-state index is 0.0749. The van der Waals surface area contributed by atoms with Crippen molar-refractivity contribution in [3.05, 3.63) is 79.6 Å². The van der Waals surface area contributed by atoms with Crippen molar-refractivity contribution in [1.29, 1.82) is 0 Å². The Hall–Kier alpha value is -2.50. The summed E-state index contributed by atoms with van der Waals surface area (Å²) in [7, 11) is 0. The number of rotatable bonds is 2. The Kier molecular flexibility index (Phi) is 4.36. The van der Waals surface area contributed by atoms with Gasteiger partial charge in [0.1, 0.15) is 0 Å². The number of halogens is 1. The second kappa shape index (κ2) is 6.59. The van der Waals surface area contributed by atoms with E-state index < -0.39 is 0 Å². The Labute approximate surface area is 165 Å². The molecule has 6 heteroatoms. The maximum Gasteiger partial charge on any atom is 0.276 e. The molecule has 2 heterocycles. The molecule has 2 aromatic carbocycles. The number of thiazole rings is 1. The highest BCUT2D eigenvalue weighted by atomic mass is 35.5. The molecule has 0 fully saturated rings. The van der Waals surface area contributed by atoms with E-state index in [1.807, 2.05) is 30.3 Å². The summed E-state index contributed by atoms with van der Waals surface area (Å²) in [4.78, 5) is 13.5. The first-order valence-corrected chi connectivity index (χ1v) is 9.78. The van der Waals surface area contributed by atoms with Crippen molar-refractivity contribution in [2.24, 2.45) is 0 Å². The maximum atomic E-state index is 12.9. The molecule has 27 heavy (non-hydrogen) atoms. The van der Waals surface area contributed by atoms with Gasteiger partial charge < -0.3 is 0 Å². The zero-order valence-corrected chi connectivity index (χ0v) is 16.8. The Morgan fingerprint density at radius 2 is 1.67 bits per heavy atom.